The summed E-state index contributed by atoms with van der Waals surface area (Å²) in [7, 11) is 0. The predicted molar refractivity (Wildman–Crippen MR) is 79.0 cm³/mol. The third-order valence-corrected chi connectivity index (χ3v) is 2.81. The van der Waals surface area contributed by atoms with Gasteiger partial charge in [0.25, 0.3) is 0 Å². The molecule has 0 fully saturated rings. The van der Waals surface area contributed by atoms with E-state index in [0.29, 0.717) is 16.3 Å². The molecule has 5 heteroatoms. The first-order valence-corrected chi connectivity index (χ1v) is 6.63. The number of carbonyl (C=O) groups is 2. The van der Waals surface area contributed by atoms with E-state index >= 15 is 0 Å². The first-order valence-electron chi connectivity index (χ1n) is 6.25. The Balaban J connectivity index is 2.13. The second kappa shape index (κ2) is 6.90. The molecule has 0 unspecified atom stereocenters. The van der Waals surface area contributed by atoms with Crippen LogP contribution in [0.5, 0.6) is 11.5 Å². The van der Waals surface area contributed by atoms with Gasteiger partial charge >= 0.3 is 5.97 Å². The van der Waals surface area contributed by atoms with E-state index in [1.54, 1.807) is 48.5 Å². The first-order chi connectivity index (χ1) is 10.1. The normalized spacial score (nSPS) is 10.0. The van der Waals surface area contributed by atoms with Crippen LogP contribution < -0.4 is 9.47 Å². The second-order valence-electron chi connectivity index (χ2n) is 4.33. The quantitative estimate of drug-likeness (QED) is 0.626. The molecular formula is C16H13ClO4. The zero-order valence-corrected chi connectivity index (χ0v) is 12.1. The minimum absolute atomic E-state index is 0.0739. The maximum atomic E-state index is 12.0. The minimum Gasteiger partial charge on any atom is -0.482 e. The van der Waals surface area contributed by atoms with Crippen LogP contribution in [0.3, 0.4) is 0 Å². The highest BCUT2D eigenvalue weighted by atomic mass is 35.5. The molecule has 0 heterocycles. The van der Waals surface area contributed by atoms with Crippen LogP contribution in [-0.2, 0) is 4.79 Å². The van der Waals surface area contributed by atoms with Crippen molar-refractivity contribution in [3.05, 3.63) is 59.1 Å². The zero-order valence-electron chi connectivity index (χ0n) is 11.3. The van der Waals surface area contributed by atoms with Gasteiger partial charge in [0.1, 0.15) is 6.61 Å². The summed E-state index contributed by atoms with van der Waals surface area (Å²) in [6.45, 7) is 1.35. The number of hydrogen-bond donors (Lipinski definition) is 0. The summed E-state index contributed by atoms with van der Waals surface area (Å²) in [4.78, 5) is 23.0. The molecule has 0 saturated heterocycles. The number of carbonyl (C=O) groups excluding carboxylic acids is 2. The first kappa shape index (κ1) is 15.1. The van der Waals surface area contributed by atoms with Crippen molar-refractivity contribution in [2.75, 3.05) is 6.61 Å². The van der Waals surface area contributed by atoms with Crippen molar-refractivity contribution >= 4 is 23.4 Å². The van der Waals surface area contributed by atoms with E-state index in [4.69, 9.17) is 21.1 Å². The van der Waals surface area contributed by atoms with Gasteiger partial charge in [0.2, 0.25) is 0 Å². The van der Waals surface area contributed by atoms with Gasteiger partial charge in [0, 0.05) is 5.02 Å². The molecular weight excluding hydrogens is 292 g/mol. The molecule has 2 aromatic carbocycles. The highest BCUT2D eigenvalue weighted by Crippen LogP contribution is 2.27. The van der Waals surface area contributed by atoms with Gasteiger partial charge in [-0.15, -0.1) is 0 Å². The van der Waals surface area contributed by atoms with Gasteiger partial charge in [-0.1, -0.05) is 23.7 Å². The van der Waals surface area contributed by atoms with Gasteiger partial charge < -0.3 is 9.47 Å². The maximum Gasteiger partial charge on any atom is 0.343 e. The van der Waals surface area contributed by atoms with Crippen molar-refractivity contribution < 1.29 is 19.1 Å². The third kappa shape index (κ3) is 4.33. The Morgan fingerprint density at radius 3 is 2.24 bits per heavy atom. The Labute approximate surface area is 127 Å². The molecule has 0 bridgehead atoms. The molecule has 0 radical (unpaired) electrons. The van der Waals surface area contributed by atoms with Crippen LogP contribution in [0.4, 0.5) is 0 Å². The number of ketones is 1. The summed E-state index contributed by atoms with van der Waals surface area (Å²) in [6.07, 6.45) is 0. The summed E-state index contributed by atoms with van der Waals surface area (Å²) in [5.74, 6) is -0.0342. The Hall–Kier alpha value is -2.33. The van der Waals surface area contributed by atoms with Crippen LogP contribution in [0.25, 0.3) is 0 Å². The van der Waals surface area contributed by atoms with Gasteiger partial charge in [0.05, 0.1) is 5.56 Å². The number of benzene rings is 2. The largest absolute Gasteiger partial charge is 0.482 e. The second-order valence-corrected chi connectivity index (χ2v) is 4.77. The van der Waals surface area contributed by atoms with Crippen LogP contribution >= 0.6 is 11.6 Å². The van der Waals surface area contributed by atoms with Crippen molar-refractivity contribution in [1.29, 1.82) is 0 Å². The van der Waals surface area contributed by atoms with Gasteiger partial charge in [-0.25, -0.2) is 4.79 Å². The maximum absolute atomic E-state index is 12.0. The Morgan fingerprint density at radius 1 is 1.00 bits per heavy atom. The molecule has 0 amide bonds. The van der Waals surface area contributed by atoms with Gasteiger partial charge in [-0.3, -0.25) is 4.79 Å². The Bertz CT molecular complexity index is 650. The number of ether oxygens (including phenoxy) is 2. The molecule has 0 spiro atoms. The van der Waals surface area contributed by atoms with E-state index in [-0.39, 0.29) is 18.1 Å². The smallest absolute Gasteiger partial charge is 0.343 e. The Kier molecular flexibility index (Phi) is 4.95. The van der Waals surface area contributed by atoms with E-state index in [2.05, 4.69) is 0 Å². The van der Waals surface area contributed by atoms with Gasteiger partial charge in [0.15, 0.2) is 17.3 Å². The molecule has 0 saturated carbocycles. The average molecular weight is 305 g/mol. The molecule has 0 aliphatic rings. The monoisotopic (exact) mass is 304 g/mol. The minimum atomic E-state index is -0.523. The summed E-state index contributed by atoms with van der Waals surface area (Å²) >= 11 is 5.77. The molecule has 21 heavy (non-hydrogen) atoms. The molecule has 0 N–H and O–H groups in total. The van der Waals surface area contributed by atoms with Crippen molar-refractivity contribution in [3.8, 4) is 11.5 Å². The van der Waals surface area contributed by atoms with E-state index in [9.17, 15) is 9.59 Å². The molecule has 2 aromatic rings. The van der Waals surface area contributed by atoms with E-state index in [1.165, 1.54) is 6.92 Å². The molecule has 108 valence electrons. The average Bonchev–Trinajstić information content (AvgIpc) is 2.47. The van der Waals surface area contributed by atoms with Crippen LogP contribution in [-0.4, -0.2) is 18.4 Å². The molecule has 0 atom stereocenters. The highest BCUT2D eigenvalue weighted by molar-refractivity contribution is 6.30. The molecule has 4 nitrogen and oxygen atoms in total. The summed E-state index contributed by atoms with van der Waals surface area (Å²) in [6, 6.07) is 13.0. The SMILES string of the molecule is CC(=O)COc1ccccc1OC(=O)c1ccc(Cl)cc1. The summed E-state index contributed by atoms with van der Waals surface area (Å²) in [5.41, 5.74) is 0.376. The summed E-state index contributed by atoms with van der Waals surface area (Å²) < 4.78 is 10.6. The molecule has 2 rings (SSSR count). The fourth-order valence-electron chi connectivity index (χ4n) is 1.58. The fourth-order valence-corrected chi connectivity index (χ4v) is 1.70. The summed E-state index contributed by atoms with van der Waals surface area (Å²) in [5, 5.41) is 0.539. The lowest BCUT2D eigenvalue weighted by Gasteiger charge is -2.10. The standard InChI is InChI=1S/C16H13ClO4/c1-11(18)10-20-14-4-2-3-5-15(14)21-16(19)12-6-8-13(17)9-7-12/h2-9H,10H2,1H3. The van der Waals surface area contributed by atoms with Crippen molar-refractivity contribution in [1.82, 2.24) is 0 Å². The lowest BCUT2D eigenvalue weighted by atomic mass is 10.2. The van der Waals surface area contributed by atoms with E-state index in [0.717, 1.165) is 0 Å². The Morgan fingerprint density at radius 2 is 1.62 bits per heavy atom. The predicted octanol–water partition coefficient (Wildman–Crippen LogP) is 3.53. The number of para-hydroxylation sites is 2. The lowest BCUT2D eigenvalue weighted by Crippen LogP contribution is -2.11. The highest BCUT2D eigenvalue weighted by Gasteiger charge is 2.12. The number of rotatable bonds is 5. The van der Waals surface area contributed by atoms with Gasteiger partial charge in [-0.05, 0) is 43.3 Å². The van der Waals surface area contributed by atoms with E-state index < -0.39 is 5.97 Å². The van der Waals surface area contributed by atoms with Crippen molar-refractivity contribution in [3.63, 3.8) is 0 Å². The molecule has 0 aromatic heterocycles. The number of Topliss-reactive ketones (excluding diaryl/α,β-unsaturated/α-hetero) is 1. The van der Waals surface area contributed by atoms with Crippen LogP contribution in [0.15, 0.2) is 48.5 Å². The van der Waals surface area contributed by atoms with Crippen molar-refractivity contribution in [2.24, 2.45) is 0 Å². The van der Waals surface area contributed by atoms with E-state index in [1.807, 2.05) is 0 Å². The van der Waals surface area contributed by atoms with Crippen LogP contribution in [0.2, 0.25) is 5.02 Å². The van der Waals surface area contributed by atoms with Gasteiger partial charge in [-0.2, -0.15) is 0 Å². The van der Waals surface area contributed by atoms with Crippen LogP contribution in [0, 0.1) is 0 Å². The lowest BCUT2D eigenvalue weighted by molar-refractivity contribution is -0.118. The topological polar surface area (TPSA) is 52.6 Å². The van der Waals surface area contributed by atoms with Crippen LogP contribution in [0.1, 0.15) is 17.3 Å². The molecule has 0 aliphatic carbocycles. The number of esters is 1. The number of hydrogen-bond acceptors (Lipinski definition) is 4. The number of halogens is 1. The van der Waals surface area contributed by atoms with Crippen molar-refractivity contribution in [2.45, 2.75) is 6.92 Å². The molecule has 0 aliphatic heterocycles. The zero-order chi connectivity index (χ0) is 15.2. The third-order valence-electron chi connectivity index (χ3n) is 2.56. The fraction of sp³-hybridized carbons (Fsp3) is 0.125.